The van der Waals surface area contributed by atoms with Crippen LogP contribution in [0, 0.1) is 0 Å². The minimum atomic E-state index is -0.334. The minimum Gasteiger partial charge on any atom is -0.474 e. The molecule has 2 aromatic heterocycles. The second-order valence-corrected chi connectivity index (χ2v) is 6.96. The van der Waals surface area contributed by atoms with Gasteiger partial charge in [-0.05, 0) is 49.9 Å². The van der Waals surface area contributed by atoms with E-state index in [2.05, 4.69) is 25.6 Å². The van der Waals surface area contributed by atoms with Crippen molar-refractivity contribution in [2.75, 3.05) is 5.32 Å². The van der Waals surface area contributed by atoms with Crippen LogP contribution in [0.25, 0.3) is 0 Å². The van der Waals surface area contributed by atoms with E-state index in [1.807, 2.05) is 12.1 Å². The first-order valence-corrected chi connectivity index (χ1v) is 9.96. The van der Waals surface area contributed by atoms with E-state index >= 15 is 0 Å². The first-order valence-electron chi connectivity index (χ1n) is 9.96. The molecule has 2 amide bonds. The van der Waals surface area contributed by atoms with Crippen molar-refractivity contribution in [2.45, 2.75) is 38.3 Å². The molecule has 0 bridgehead atoms. The lowest BCUT2D eigenvalue weighted by Crippen LogP contribution is -2.28. The van der Waals surface area contributed by atoms with Crippen LogP contribution < -0.4 is 20.1 Å². The monoisotopic (exact) mass is 405 g/mol. The Morgan fingerprint density at radius 1 is 1.00 bits per heavy atom. The summed E-state index contributed by atoms with van der Waals surface area (Å²) in [5, 5.41) is 5.65. The van der Waals surface area contributed by atoms with Gasteiger partial charge in [-0.1, -0.05) is 12.1 Å². The van der Waals surface area contributed by atoms with Gasteiger partial charge in [-0.15, -0.1) is 0 Å². The molecule has 1 aromatic carbocycles. The van der Waals surface area contributed by atoms with Crippen LogP contribution in [0.3, 0.4) is 0 Å². The number of ether oxygens (including phenoxy) is 2. The van der Waals surface area contributed by atoms with E-state index in [1.165, 1.54) is 12.8 Å². The zero-order chi connectivity index (χ0) is 20.6. The smallest absolute Gasteiger partial charge is 0.321 e. The van der Waals surface area contributed by atoms with E-state index in [-0.39, 0.29) is 18.1 Å². The van der Waals surface area contributed by atoms with E-state index in [0.717, 1.165) is 18.4 Å². The summed E-state index contributed by atoms with van der Waals surface area (Å²) in [4.78, 5) is 24.7. The average molecular weight is 405 g/mol. The lowest BCUT2D eigenvalue weighted by molar-refractivity contribution is 0.199. The van der Waals surface area contributed by atoms with E-state index in [9.17, 15) is 4.79 Å². The summed E-state index contributed by atoms with van der Waals surface area (Å²) in [6.07, 6.45) is 9.59. The molecule has 30 heavy (non-hydrogen) atoms. The summed E-state index contributed by atoms with van der Waals surface area (Å²) in [5.74, 6) is 1.11. The third-order valence-electron chi connectivity index (χ3n) is 4.71. The Labute approximate surface area is 174 Å². The molecule has 0 radical (unpaired) electrons. The van der Waals surface area contributed by atoms with Crippen LogP contribution in [0.5, 0.6) is 17.6 Å². The molecule has 8 nitrogen and oxygen atoms in total. The molecular formula is C22H23N5O3. The van der Waals surface area contributed by atoms with E-state index < -0.39 is 0 Å². The number of carbonyl (C=O) groups excluding carboxylic acids is 1. The summed E-state index contributed by atoms with van der Waals surface area (Å²) >= 11 is 0. The summed E-state index contributed by atoms with van der Waals surface area (Å²) < 4.78 is 11.6. The lowest BCUT2D eigenvalue weighted by atomic mass is 10.2. The fourth-order valence-corrected chi connectivity index (χ4v) is 3.26. The molecular weight excluding hydrogens is 382 g/mol. The van der Waals surface area contributed by atoms with Crippen molar-refractivity contribution in [3.63, 3.8) is 0 Å². The number of hydrogen-bond acceptors (Lipinski definition) is 6. The molecule has 0 spiro atoms. The second-order valence-electron chi connectivity index (χ2n) is 6.96. The molecule has 1 aliphatic rings. The van der Waals surface area contributed by atoms with Crippen LogP contribution in [0.15, 0.2) is 61.1 Å². The Morgan fingerprint density at radius 2 is 1.80 bits per heavy atom. The van der Waals surface area contributed by atoms with E-state index in [1.54, 1.807) is 48.9 Å². The van der Waals surface area contributed by atoms with E-state index in [0.29, 0.717) is 23.9 Å². The molecule has 1 fully saturated rings. The molecule has 2 N–H and O–H groups in total. The summed E-state index contributed by atoms with van der Waals surface area (Å²) in [5.41, 5.74) is 1.44. The largest absolute Gasteiger partial charge is 0.474 e. The number of pyridine rings is 1. The highest BCUT2D eigenvalue weighted by Gasteiger charge is 2.18. The van der Waals surface area contributed by atoms with Gasteiger partial charge in [-0.3, -0.25) is 0 Å². The molecule has 1 saturated carbocycles. The zero-order valence-corrected chi connectivity index (χ0v) is 16.5. The molecule has 2 heterocycles. The highest BCUT2D eigenvalue weighted by atomic mass is 16.5. The molecule has 8 heteroatoms. The number of hydrogen-bond donors (Lipinski definition) is 2. The summed E-state index contributed by atoms with van der Waals surface area (Å²) in [6.45, 7) is 0.315. The fourth-order valence-electron chi connectivity index (χ4n) is 3.26. The van der Waals surface area contributed by atoms with Gasteiger partial charge in [0.25, 0.3) is 0 Å². The maximum atomic E-state index is 12.4. The zero-order valence-electron chi connectivity index (χ0n) is 16.5. The van der Waals surface area contributed by atoms with Gasteiger partial charge in [0.1, 0.15) is 11.9 Å². The van der Waals surface area contributed by atoms with Crippen LogP contribution in [-0.4, -0.2) is 27.1 Å². The van der Waals surface area contributed by atoms with Gasteiger partial charge in [0.2, 0.25) is 5.88 Å². The number of nitrogens with one attached hydrogen (secondary N) is 2. The Morgan fingerprint density at radius 3 is 2.63 bits per heavy atom. The van der Waals surface area contributed by atoms with Crippen LogP contribution >= 0.6 is 0 Å². The molecule has 3 aromatic rings. The van der Waals surface area contributed by atoms with Crippen molar-refractivity contribution in [1.29, 1.82) is 0 Å². The van der Waals surface area contributed by atoms with Gasteiger partial charge in [-0.2, -0.15) is 0 Å². The van der Waals surface area contributed by atoms with Crippen LogP contribution in [0.2, 0.25) is 0 Å². The Kier molecular flexibility index (Phi) is 6.34. The maximum Gasteiger partial charge on any atom is 0.321 e. The third kappa shape index (κ3) is 5.44. The predicted octanol–water partition coefficient (Wildman–Crippen LogP) is 4.31. The molecule has 0 unspecified atom stereocenters. The third-order valence-corrected chi connectivity index (χ3v) is 4.71. The predicted molar refractivity (Wildman–Crippen MR) is 112 cm³/mol. The number of amides is 2. The van der Waals surface area contributed by atoms with Crippen molar-refractivity contribution >= 4 is 11.7 Å². The van der Waals surface area contributed by atoms with Gasteiger partial charge < -0.3 is 20.1 Å². The van der Waals surface area contributed by atoms with Crippen molar-refractivity contribution in [3.8, 4) is 17.6 Å². The van der Waals surface area contributed by atoms with Gasteiger partial charge in [0, 0.05) is 42.5 Å². The first-order chi connectivity index (χ1) is 14.8. The van der Waals surface area contributed by atoms with Gasteiger partial charge in [0.15, 0.2) is 0 Å². The van der Waals surface area contributed by atoms with Gasteiger partial charge >= 0.3 is 12.0 Å². The molecule has 4 rings (SSSR count). The van der Waals surface area contributed by atoms with Crippen molar-refractivity contribution in [1.82, 2.24) is 20.3 Å². The van der Waals surface area contributed by atoms with Crippen LogP contribution in [0.4, 0.5) is 10.5 Å². The number of anilines is 1. The average Bonchev–Trinajstić information content (AvgIpc) is 3.27. The van der Waals surface area contributed by atoms with Crippen molar-refractivity contribution in [2.24, 2.45) is 0 Å². The second kappa shape index (κ2) is 9.69. The maximum absolute atomic E-state index is 12.4. The summed E-state index contributed by atoms with van der Waals surface area (Å²) in [6, 6.07) is 12.4. The standard InChI is InChI=1S/C22H23N5O3/c28-21(26-15-16-6-4-11-23-20(16)29-18-8-1-2-9-18)27-17-7-3-10-19(14-17)30-22-24-12-5-13-25-22/h3-7,10-14,18H,1-2,8-9,15H2,(H2,26,27,28). The van der Waals surface area contributed by atoms with Crippen molar-refractivity contribution in [3.05, 3.63) is 66.6 Å². The Balaban J connectivity index is 1.33. The number of urea groups is 1. The topological polar surface area (TPSA) is 98.3 Å². The number of carbonyl (C=O) groups is 1. The van der Waals surface area contributed by atoms with Gasteiger partial charge in [0.05, 0.1) is 0 Å². The number of rotatable bonds is 7. The molecule has 0 aliphatic heterocycles. The van der Waals surface area contributed by atoms with Crippen molar-refractivity contribution < 1.29 is 14.3 Å². The number of benzene rings is 1. The summed E-state index contributed by atoms with van der Waals surface area (Å²) in [7, 11) is 0. The molecule has 0 saturated heterocycles. The fraction of sp³-hybridized carbons (Fsp3) is 0.273. The molecule has 154 valence electrons. The number of nitrogens with zero attached hydrogens (tertiary/aromatic N) is 3. The molecule has 1 aliphatic carbocycles. The Bertz CT molecular complexity index is 977. The highest BCUT2D eigenvalue weighted by Crippen LogP contribution is 2.25. The minimum absolute atomic E-state index is 0.212. The first kappa shape index (κ1) is 19.6. The highest BCUT2D eigenvalue weighted by molar-refractivity contribution is 5.89. The van der Waals surface area contributed by atoms with E-state index in [4.69, 9.17) is 9.47 Å². The molecule has 0 atom stereocenters. The normalized spacial score (nSPS) is 13.6. The quantitative estimate of drug-likeness (QED) is 0.608. The Hall–Kier alpha value is -3.68. The van der Waals surface area contributed by atoms with Crippen LogP contribution in [0.1, 0.15) is 31.2 Å². The van der Waals surface area contributed by atoms with Crippen LogP contribution in [-0.2, 0) is 6.54 Å². The van der Waals surface area contributed by atoms with Gasteiger partial charge in [-0.25, -0.2) is 19.7 Å². The lowest BCUT2D eigenvalue weighted by Gasteiger charge is -2.15. The SMILES string of the molecule is O=C(NCc1cccnc1OC1CCCC1)Nc1cccc(Oc2ncccn2)c1. The number of aromatic nitrogens is 3.